The molecule has 1 aliphatic heterocycles. The Kier molecular flexibility index (Phi) is 7.36. The quantitative estimate of drug-likeness (QED) is 0.766. The first-order valence-corrected chi connectivity index (χ1v) is 9.30. The van der Waals surface area contributed by atoms with Crippen LogP contribution >= 0.6 is 0 Å². The van der Waals surface area contributed by atoms with Crippen LogP contribution in [0.2, 0.25) is 0 Å². The van der Waals surface area contributed by atoms with Gasteiger partial charge in [0.25, 0.3) is 5.91 Å². The number of pyridine rings is 1. The first-order chi connectivity index (χ1) is 12.8. The molecule has 1 aromatic heterocycles. The molecule has 0 bridgehead atoms. The maximum atomic E-state index is 12.6. The summed E-state index contributed by atoms with van der Waals surface area (Å²) in [6, 6.07) is 3.25. The number of nitrogens with one attached hydrogen (secondary N) is 1. The average Bonchev–Trinajstić information content (AvgIpc) is 2.82. The van der Waals surface area contributed by atoms with Crippen molar-refractivity contribution in [2.75, 3.05) is 20.2 Å². The highest BCUT2D eigenvalue weighted by molar-refractivity contribution is 5.95. The summed E-state index contributed by atoms with van der Waals surface area (Å²) >= 11 is 0. The lowest BCUT2D eigenvalue weighted by Gasteiger charge is -2.20. The summed E-state index contributed by atoms with van der Waals surface area (Å²) in [4.78, 5) is 30.9. The monoisotopic (exact) mass is 375 g/mol. The smallest absolute Gasteiger partial charge is 0.273 e. The summed E-state index contributed by atoms with van der Waals surface area (Å²) in [5.41, 5.74) is 1.95. The van der Waals surface area contributed by atoms with Crippen LogP contribution in [0, 0.1) is 6.92 Å². The van der Waals surface area contributed by atoms with Crippen LogP contribution in [0.15, 0.2) is 23.8 Å². The molecule has 1 aliphatic rings. The lowest BCUT2D eigenvalue weighted by atomic mass is 10.1. The van der Waals surface area contributed by atoms with E-state index in [4.69, 9.17) is 4.74 Å². The number of aliphatic hydroxyl groups is 1. The zero-order valence-corrected chi connectivity index (χ0v) is 16.5. The van der Waals surface area contributed by atoms with Crippen molar-refractivity contribution in [1.82, 2.24) is 15.2 Å². The summed E-state index contributed by atoms with van der Waals surface area (Å²) in [6.07, 6.45) is 2.70. The zero-order chi connectivity index (χ0) is 20.0. The number of likely N-dealkylation sites (tertiary alicyclic amines) is 1. The van der Waals surface area contributed by atoms with Gasteiger partial charge in [-0.05, 0) is 45.2 Å². The highest BCUT2D eigenvalue weighted by Crippen LogP contribution is 2.18. The number of hydrogen-bond acceptors (Lipinski definition) is 5. The molecule has 0 radical (unpaired) electrons. The van der Waals surface area contributed by atoms with Crippen molar-refractivity contribution in [3.63, 3.8) is 0 Å². The molecular formula is C20H29N3O4. The number of aryl methyl sites for hydroxylation is 1. The summed E-state index contributed by atoms with van der Waals surface area (Å²) in [7, 11) is 1.49. The van der Waals surface area contributed by atoms with Gasteiger partial charge in [-0.1, -0.05) is 12.5 Å². The molecule has 0 spiro atoms. The van der Waals surface area contributed by atoms with Crippen LogP contribution in [-0.2, 0) is 4.79 Å². The highest BCUT2D eigenvalue weighted by Gasteiger charge is 2.27. The van der Waals surface area contributed by atoms with E-state index in [9.17, 15) is 14.7 Å². The fourth-order valence-corrected chi connectivity index (χ4v) is 3.04. The number of methoxy groups -OCH3 is 1. The molecule has 0 aliphatic carbocycles. The van der Waals surface area contributed by atoms with Gasteiger partial charge < -0.3 is 20.1 Å². The molecule has 2 heterocycles. The molecule has 148 valence electrons. The van der Waals surface area contributed by atoms with E-state index in [1.165, 1.54) is 7.11 Å². The minimum atomic E-state index is -0.690. The Hall–Kier alpha value is -2.41. The van der Waals surface area contributed by atoms with Crippen LogP contribution < -0.4 is 10.1 Å². The second-order valence-electron chi connectivity index (χ2n) is 6.98. The molecule has 2 amide bonds. The Morgan fingerprint density at radius 3 is 2.85 bits per heavy atom. The van der Waals surface area contributed by atoms with Crippen LogP contribution in [0.5, 0.6) is 5.75 Å². The van der Waals surface area contributed by atoms with E-state index in [-0.39, 0.29) is 30.1 Å². The number of aliphatic hydroxyl groups excluding tert-OH is 1. The SMILES string of the molecule is CC/C(C)=C/C(=O)N1CC[C@H](NC(=O)c2nc(C)ccc2OC)C[C@H](O)C1. The highest BCUT2D eigenvalue weighted by atomic mass is 16.5. The van der Waals surface area contributed by atoms with Crippen molar-refractivity contribution in [3.05, 3.63) is 35.2 Å². The average molecular weight is 375 g/mol. The lowest BCUT2D eigenvalue weighted by Crippen LogP contribution is -2.37. The van der Waals surface area contributed by atoms with Crippen molar-refractivity contribution in [3.8, 4) is 5.75 Å². The van der Waals surface area contributed by atoms with Gasteiger partial charge in [0.1, 0.15) is 5.75 Å². The number of rotatable bonds is 5. The second-order valence-corrected chi connectivity index (χ2v) is 6.98. The Balaban J connectivity index is 2.05. The molecule has 0 saturated carbocycles. The van der Waals surface area contributed by atoms with Gasteiger partial charge in [0.15, 0.2) is 5.69 Å². The molecule has 1 aromatic rings. The van der Waals surface area contributed by atoms with Crippen LogP contribution in [0.3, 0.4) is 0 Å². The van der Waals surface area contributed by atoms with Crippen molar-refractivity contribution in [2.45, 2.75) is 52.2 Å². The van der Waals surface area contributed by atoms with Crippen molar-refractivity contribution in [2.24, 2.45) is 0 Å². The summed E-state index contributed by atoms with van der Waals surface area (Å²) in [5.74, 6) is -0.0269. The number of carbonyl (C=O) groups excluding carboxylic acids is 2. The van der Waals surface area contributed by atoms with Gasteiger partial charge >= 0.3 is 0 Å². The third-order valence-corrected chi connectivity index (χ3v) is 4.74. The fraction of sp³-hybridized carbons (Fsp3) is 0.550. The van der Waals surface area contributed by atoms with Gasteiger partial charge in [0.2, 0.25) is 5.91 Å². The standard InChI is InChI=1S/C20H29N3O4/c1-5-13(2)10-18(25)23-9-8-15(11-16(24)12-23)22-20(26)19-17(27-4)7-6-14(3)21-19/h6-7,10,15-16,24H,5,8-9,11-12H2,1-4H3,(H,22,26)/b13-10+/t15-,16-/m0/s1. The molecule has 2 rings (SSSR count). The van der Waals surface area contributed by atoms with Gasteiger partial charge in [0.05, 0.1) is 13.2 Å². The number of amides is 2. The predicted octanol–water partition coefficient (Wildman–Crippen LogP) is 1.84. The van der Waals surface area contributed by atoms with Gasteiger partial charge in [-0.25, -0.2) is 4.98 Å². The molecule has 1 saturated heterocycles. The van der Waals surface area contributed by atoms with E-state index in [0.29, 0.717) is 25.1 Å². The summed E-state index contributed by atoms with van der Waals surface area (Å²) in [5, 5.41) is 13.2. The third kappa shape index (κ3) is 5.79. The Morgan fingerprint density at radius 2 is 2.19 bits per heavy atom. The largest absolute Gasteiger partial charge is 0.494 e. The van der Waals surface area contributed by atoms with Crippen molar-refractivity contribution in [1.29, 1.82) is 0 Å². The molecule has 1 fully saturated rings. The maximum Gasteiger partial charge on any atom is 0.273 e. The number of carbonyl (C=O) groups is 2. The molecule has 0 unspecified atom stereocenters. The molecule has 7 heteroatoms. The van der Waals surface area contributed by atoms with E-state index < -0.39 is 6.10 Å². The first kappa shape index (κ1) is 20.9. The van der Waals surface area contributed by atoms with Crippen LogP contribution in [0.1, 0.15) is 49.3 Å². The number of hydrogen-bond donors (Lipinski definition) is 2. The second kappa shape index (κ2) is 9.50. The zero-order valence-electron chi connectivity index (χ0n) is 16.5. The molecule has 7 nitrogen and oxygen atoms in total. The number of β-amino-alcohol motifs (C(OH)–C–C–N with tert-alkyl or cyclic N) is 1. The Bertz CT molecular complexity index is 717. The van der Waals surface area contributed by atoms with E-state index >= 15 is 0 Å². The first-order valence-electron chi connectivity index (χ1n) is 9.30. The maximum absolute atomic E-state index is 12.6. The lowest BCUT2D eigenvalue weighted by molar-refractivity contribution is -0.127. The van der Waals surface area contributed by atoms with Gasteiger partial charge in [-0.15, -0.1) is 0 Å². The number of aromatic nitrogens is 1. The van der Waals surface area contributed by atoms with Crippen LogP contribution in [0.4, 0.5) is 0 Å². The fourth-order valence-electron chi connectivity index (χ4n) is 3.04. The van der Waals surface area contributed by atoms with E-state index in [2.05, 4.69) is 10.3 Å². The van der Waals surface area contributed by atoms with Crippen LogP contribution in [-0.4, -0.2) is 59.1 Å². The van der Waals surface area contributed by atoms with E-state index in [1.54, 1.807) is 30.0 Å². The van der Waals surface area contributed by atoms with Gasteiger partial charge in [-0.3, -0.25) is 9.59 Å². The Morgan fingerprint density at radius 1 is 1.44 bits per heavy atom. The molecule has 0 aromatic carbocycles. The topological polar surface area (TPSA) is 91.8 Å². The summed E-state index contributed by atoms with van der Waals surface area (Å²) < 4.78 is 5.22. The normalized spacial score (nSPS) is 20.8. The van der Waals surface area contributed by atoms with E-state index in [1.807, 2.05) is 13.8 Å². The minimum Gasteiger partial charge on any atom is -0.494 e. The minimum absolute atomic E-state index is 0.0950. The molecular weight excluding hydrogens is 346 g/mol. The Labute approximate surface area is 160 Å². The molecule has 2 N–H and O–H groups in total. The van der Waals surface area contributed by atoms with E-state index in [0.717, 1.165) is 17.7 Å². The summed E-state index contributed by atoms with van der Waals surface area (Å²) in [6.45, 7) is 6.46. The predicted molar refractivity (Wildman–Crippen MR) is 103 cm³/mol. The number of allylic oxidation sites excluding steroid dienone is 1. The third-order valence-electron chi connectivity index (χ3n) is 4.74. The number of ether oxygens (including phenoxy) is 1. The van der Waals surface area contributed by atoms with Gasteiger partial charge in [-0.2, -0.15) is 0 Å². The van der Waals surface area contributed by atoms with Gasteiger partial charge in [0, 0.05) is 30.9 Å². The van der Waals surface area contributed by atoms with Crippen LogP contribution in [0.25, 0.3) is 0 Å². The number of nitrogens with zero attached hydrogens (tertiary/aromatic N) is 2. The van der Waals surface area contributed by atoms with Crippen molar-refractivity contribution >= 4 is 11.8 Å². The van der Waals surface area contributed by atoms with Crippen molar-refractivity contribution < 1.29 is 19.4 Å². The molecule has 27 heavy (non-hydrogen) atoms. The molecule has 2 atom stereocenters.